The normalized spacial score (nSPS) is 10.2. The van der Waals surface area contributed by atoms with Crippen LogP contribution in [0.3, 0.4) is 0 Å². The summed E-state index contributed by atoms with van der Waals surface area (Å²) >= 11 is 6.70. The molecule has 0 aliphatic carbocycles. The van der Waals surface area contributed by atoms with Crippen LogP contribution in [0.15, 0.2) is 24.3 Å². The average Bonchev–Trinajstić information content (AvgIpc) is 2.17. The second-order valence-corrected chi connectivity index (χ2v) is 5.48. The Kier molecular flexibility index (Phi) is 3.93. The number of carbonyl (C=O) groups is 1. The van der Waals surface area contributed by atoms with Crippen molar-refractivity contribution in [3.63, 3.8) is 0 Å². The van der Waals surface area contributed by atoms with E-state index in [-0.39, 0.29) is 9.71 Å². The summed E-state index contributed by atoms with van der Waals surface area (Å²) in [5.74, 6) is -0.317. The van der Waals surface area contributed by atoms with Crippen molar-refractivity contribution in [2.75, 3.05) is 7.11 Å². The molecule has 4 heteroatoms. The van der Waals surface area contributed by atoms with Crippen molar-refractivity contribution in [2.24, 2.45) is 0 Å². The maximum Gasteiger partial charge on any atom is 0.337 e. The average molecular weight is 308 g/mol. The standard InChI is InChI=1S/C9H8Br2O2/c1-13-9(12)7-4-2-3-6(5-7)8(10)11/h2-5,8H,1H3. The molecule has 0 radical (unpaired) electrons. The number of rotatable bonds is 2. The number of halogens is 2. The van der Waals surface area contributed by atoms with Gasteiger partial charge in [-0.05, 0) is 17.7 Å². The van der Waals surface area contributed by atoms with E-state index in [0.29, 0.717) is 5.56 Å². The second-order valence-electron chi connectivity index (χ2n) is 2.42. The third-order valence-corrected chi connectivity index (χ3v) is 2.62. The van der Waals surface area contributed by atoms with Crippen LogP contribution in [0.1, 0.15) is 19.7 Å². The Morgan fingerprint density at radius 2 is 2.15 bits per heavy atom. The van der Waals surface area contributed by atoms with Gasteiger partial charge in [0.1, 0.15) is 0 Å². The van der Waals surface area contributed by atoms with Crippen molar-refractivity contribution in [2.45, 2.75) is 3.74 Å². The molecule has 0 bridgehead atoms. The van der Waals surface area contributed by atoms with Gasteiger partial charge < -0.3 is 4.74 Å². The predicted octanol–water partition coefficient (Wildman–Crippen LogP) is 3.26. The summed E-state index contributed by atoms with van der Waals surface area (Å²) in [6, 6.07) is 7.23. The Morgan fingerprint density at radius 3 is 2.69 bits per heavy atom. The molecule has 0 aromatic heterocycles. The number of esters is 1. The molecule has 70 valence electrons. The molecule has 13 heavy (non-hydrogen) atoms. The number of methoxy groups -OCH3 is 1. The van der Waals surface area contributed by atoms with E-state index < -0.39 is 0 Å². The van der Waals surface area contributed by atoms with E-state index in [4.69, 9.17) is 0 Å². The maximum absolute atomic E-state index is 11.1. The molecule has 0 saturated heterocycles. The number of benzene rings is 1. The third kappa shape index (κ3) is 2.81. The zero-order valence-corrected chi connectivity index (χ0v) is 10.1. The Hall–Kier alpha value is -0.350. The first-order valence-corrected chi connectivity index (χ1v) is 5.44. The zero-order chi connectivity index (χ0) is 9.84. The Morgan fingerprint density at radius 1 is 1.46 bits per heavy atom. The van der Waals surface area contributed by atoms with Gasteiger partial charge >= 0.3 is 5.97 Å². The van der Waals surface area contributed by atoms with E-state index in [9.17, 15) is 4.79 Å². The van der Waals surface area contributed by atoms with Gasteiger partial charge in [0.2, 0.25) is 0 Å². The largest absolute Gasteiger partial charge is 0.465 e. The molecule has 0 unspecified atom stereocenters. The lowest BCUT2D eigenvalue weighted by Crippen LogP contribution is -2.01. The zero-order valence-electron chi connectivity index (χ0n) is 6.96. The smallest absolute Gasteiger partial charge is 0.337 e. The number of carbonyl (C=O) groups excluding carboxylic acids is 1. The van der Waals surface area contributed by atoms with Crippen molar-refractivity contribution in [3.8, 4) is 0 Å². The van der Waals surface area contributed by atoms with E-state index in [0.717, 1.165) is 5.56 Å². The lowest BCUT2D eigenvalue weighted by atomic mass is 10.1. The summed E-state index contributed by atoms with van der Waals surface area (Å²) in [5, 5.41) is 0. The summed E-state index contributed by atoms with van der Waals surface area (Å²) in [7, 11) is 1.37. The molecule has 1 aromatic rings. The molecule has 2 nitrogen and oxygen atoms in total. The summed E-state index contributed by atoms with van der Waals surface area (Å²) in [4.78, 5) is 11.1. The quantitative estimate of drug-likeness (QED) is 0.619. The number of alkyl halides is 2. The fourth-order valence-electron chi connectivity index (χ4n) is 0.919. The van der Waals surface area contributed by atoms with Crippen LogP contribution in [-0.4, -0.2) is 13.1 Å². The van der Waals surface area contributed by atoms with Gasteiger partial charge in [-0.1, -0.05) is 44.0 Å². The fourth-order valence-corrected chi connectivity index (χ4v) is 1.49. The van der Waals surface area contributed by atoms with Gasteiger partial charge in [0.05, 0.1) is 16.4 Å². The van der Waals surface area contributed by atoms with Crippen LogP contribution in [0.4, 0.5) is 0 Å². The molecule has 0 fully saturated rings. The van der Waals surface area contributed by atoms with Crippen LogP contribution in [0, 0.1) is 0 Å². The highest BCUT2D eigenvalue weighted by molar-refractivity contribution is 9.24. The van der Waals surface area contributed by atoms with Gasteiger partial charge in [0, 0.05) is 0 Å². The number of ether oxygens (including phenoxy) is 1. The van der Waals surface area contributed by atoms with Crippen LogP contribution in [0.25, 0.3) is 0 Å². The minimum atomic E-state index is -0.317. The minimum absolute atomic E-state index is 0.0598. The number of hydrogen-bond donors (Lipinski definition) is 0. The van der Waals surface area contributed by atoms with E-state index >= 15 is 0 Å². The van der Waals surface area contributed by atoms with Gasteiger partial charge in [-0.25, -0.2) is 4.79 Å². The molecular formula is C9H8Br2O2. The van der Waals surface area contributed by atoms with Crippen molar-refractivity contribution < 1.29 is 9.53 Å². The maximum atomic E-state index is 11.1. The van der Waals surface area contributed by atoms with E-state index in [1.165, 1.54) is 7.11 Å². The van der Waals surface area contributed by atoms with Crippen molar-refractivity contribution in [1.29, 1.82) is 0 Å². The molecular weight excluding hydrogens is 300 g/mol. The first-order valence-electron chi connectivity index (χ1n) is 3.61. The van der Waals surface area contributed by atoms with Crippen molar-refractivity contribution >= 4 is 37.8 Å². The highest BCUT2D eigenvalue weighted by atomic mass is 79.9. The second kappa shape index (κ2) is 4.77. The topological polar surface area (TPSA) is 26.3 Å². The van der Waals surface area contributed by atoms with Crippen LogP contribution in [0.2, 0.25) is 0 Å². The van der Waals surface area contributed by atoms with Crippen LogP contribution < -0.4 is 0 Å². The molecule has 0 spiro atoms. The van der Waals surface area contributed by atoms with Gasteiger partial charge in [-0.15, -0.1) is 0 Å². The van der Waals surface area contributed by atoms with Crippen LogP contribution >= 0.6 is 31.9 Å². The number of hydrogen-bond acceptors (Lipinski definition) is 2. The highest BCUT2D eigenvalue weighted by Crippen LogP contribution is 2.29. The first-order chi connectivity index (χ1) is 6.15. The SMILES string of the molecule is COC(=O)c1cccc(C(Br)Br)c1. The van der Waals surface area contributed by atoms with E-state index in [1.807, 2.05) is 12.1 Å². The lowest BCUT2D eigenvalue weighted by Gasteiger charge is -2.04. The lowest BCUT2D eigenvalue weighted by molar-refractivity contribution is 0.0600. The molecule has 0 N–H and O–H groups in total. The fraction of sp³-hybridized carbons (Fsp3) is 0.222. The molecule has 0 saturated carbocycles. The Balaban J connectivity index is 2.98. The Labute approximate surface area is 93.5 Å². The van der Waals surface area contributed by atoms with Gasteiger partial charge in [0.25, 0.3) is 0 Å². The van der Waals surface area contributed by atoms with Crippen LogP contribution in [-0.2, 0) is 4.74 Å². The summed E-state index contributed by atoms with van der Waals surface area (Å²) < 4.78 is 4.66. The molecule has 0 aliphatic rings. The van der Waals surface area contributed by atoms with Gasteiger partial charge in [-0.3, -0.25) is 0 Å². The van der Waals surface area contributed by atoms with Crippen molar-refractivity contribution in [3.05, 3.63) is 35.4 Å². The van der Waals surface area contributed by atoms with Crippen LogP contribution in [0.5, 0.6) is 0 Å². The molecule has 1 aromatic carbocycles. The monoisotopic (exact) mass is 306 g/mol. The molecule has 1 rings (SSSR count). The molecule has 0 amide bonds. The van der Waals surface area contributed by atoms with Gasteiger partial charge in [-0.2, -0.15) is 0 Å². The van der Waals surface area contributed by atoms with Gasteiger partial charge in [0.15, 0.2) is 0 Å². The highest BCUT2D eigenvalue weighted by Gasteiger charge is 2.08. The summed E-state index contributed by atoms with van der Waals surface area (Å²) in [6.07, 6.45) is 0. The molecule has 0 atom stereocenters. The van der Waals surface area contributed by atoms with E-state index in [1.54, 1.807) is 12.1 Å². The molecule has 0 heterocycles. The predicted molar refractivity (Wildman–Crippen MR) is 58.4 cm³/mol. The summed E-state index contributed by atoms with van der Waals surface area (Å²) in [5.41, 5.74) is 1.55. The minimum Gasteiger partial charge on any atom is -0.465 e. The molecule has 0 aliphatic heterocycles. The Bertz CT molecular complexity index is 310. The van der Waals surface area contributed by atoms with Crippen molar-refractivity contribution in [1.82, 2.24) is 0 Å². The first kappa shape index (κ1) is 10.7. The third-order valence-electron chi connectivity index (χ3n) is 1.56. The van der Waals surface area contributed by atoms with E-state index in [2.05, 4.69) is 36.6 Å². The summed E-state index contributed by atoms with van der Waals surface area (Å²) in [6.45, 7) is 0.